The number of ether oxygens (including phenoxy) is 1. The predicted octanol–water partition coefficient (Wildman–Crippen LogP) is 3.27. The molecule has 0 aliphatic carbocycles. The zero-order valence-corrected chi connectivity index (χ0v) is 14.6. The van der Waals surface area contributed by atoms with Gasteiger partial charge in [0.1, 0.15) is 11.4 Å². The number of carbonyl (C=O) groups excluding carboxylic acids is 1. The van der Waals surface area contributed by atoms with Gasteiger partial charge >= 0.3 is 0 Å². The minimum atomic E-state index is -3.66. The molecule has 0 bridgehead atoms. The zero-order valence-electron chi connectivity index (χ0n) is 13.0. The van der Waals surface area contributed by atoms with E-state index in [9.17, 15) is 13.2 Å². The number of methoxy groups -OCH3 is 1. The highest BCUT2D eigenvalue weighted by Crippen LogP contribution is 2.38. The van der Waals surface area contributed by atoms with Crippen LogP contribution in [0.3, 0.4) is 0 Å². The number of nitrogens with zero attached hydrogens (tertiary/aromatic N) is 1. The molecule has 0 N–H and O–H groups in total. The lowest BCUT2D eigenvalue weighted by atomic mass is 10.0. The summed E-state index contributed by atoms with van der Waals surface area (Å²) in [6.07, 6.45) is 0.153. The number of hydrogen-bond acceptors (Lipinski definition) is 4. The number of carbonyl (C=O) groups is 1. The number of rotatable bonds is 4. The van der Waals surface area contributed by atoms with Crippen LogP contribution in [0.5, 0.6) is 5.75 Å². The number of Topliss-reactive ketones (excluding diaryl/α,β-unsaturated/α-hetero) is 1. The first kappa shape index (κ1) is 16.8. The van der Waals surface area contributed by atoms with E-state index in [2.05, 4.69) is 0 Å². The van der Waals surface area contributed by atoms with Crippen LogP contribution in [-0.2, 0) is 15.8 Å². The van der Waals surface area contributed by atoms with Crippen LogP contribution in [-0.4, -0.2) is 27.9 Å². The topological polar surface area (TPSA) is 63.7 Å². The number of halogens is 1. The van der Waals surface area contributed by atoms with E-state index in [0.717, 1.165) is 0 Å². The van der Waals surface area contributed by atoms with Gasteiger partial charge in [0.05, 0.1) is 12.9 Å². The van der Waals surface area contributed by atoms with E-state index in [1.54, 1.807) is 42.5 Å². The van der Waals surface area contributed by atoms with Crippen molar-refractivity contribution in [3.05, 3.63) is 58.6 Å². The third-order valence-corrected chi connectivity index (χ3v) is 5.90. The Morgan fingerprint density at radius 1 is 1.17 bits per heavy atom. The van der Waals surface area contributed by atoms with Crippen molar-refractivity contribution in [2.24, 2.45) is 0 Å². The zero-order chi connectivity index (χ0) is 17.3. The molecule has 2 aromatic rings. The van der Waals surface area contributed by atoms with Crippen molar-refractivity contribution >= 4 is 33.1 Å². The summed E-state index contributed by atoms with van der Waals surface area (Å²) in [6, 6.07) is 11.6. The maximum atomic E-state index is 12.9. The summed E-state index contributed by atoms with van der Waals surface area (Å²) < 4.78 is 32.4. The van der Waals surface area contributed by atoms with Crippen LogP contribution < -0.4 is 9.04 Å². The summed E-state index contributed by atoms with van der Waals surface area (Å²) in [5.74, 6) is 0.123. The molecule has 24 heavy (non-hydrogen) atoms. The number of fused-ring (bicyclic) bond motifs is 1. The molecule has 3 rings (SSSR count). The Morgan fingerprint density at radius 3 is 2.54 bits per heavy atom. The maximum Gasteiger partial charge on any atom is 0.239 e. The molecule has 0 atom stereocenters. The fourth-order valence-electron chi connectivity index (χ4n) is 2.77. The number of para-hydroxylation sites is 1. The van der Waals surface area contributed by atoms with Crippen molar-refractivity contribution in [2.75, 3.05) is 18.0 Å². The highest BCUT2D eigenvalue weighted by atomic mass is 35.5. The minimum Gasteiger partial charge on any atom is -0.495 e. The second-order valence-corrected chi connectivity index (χ2v) is 7.81. The van der Waals surface area contributed by atoms with Gasteiger partial charge < -0.3 is 4.74 Å². The standard InChI is InChI=1S/C17H16ClNO4S/c1-23-16-4-2-3-14-15(20)9-10-19(17(14)16)24(21,22)11-12-5-7-13(18)8-6-12/h2-8H,9-11H2,1H3. The van der Waals surface area contributed by atoms with Gasteiger partial charge in [-0.2, -0.15) is 0 Å². The first-order chi connectivity index (χ1) is 11.4. The Bertz CT molecular complexity index is 878. The van der Waals surface area contributed by atoms with E-state index in [1.807, 2.05) is 0 Å². The summed E-state index contributed by atoms with van der Waals surface area (Å²) in [5.41, 5.74) is 1.33. The van der Waals surface area contributed by atoms with Crippen LogP contribution in [0.1, 0.15) is 22.3 Å². The van der Waals surface area contributed by atoms with Crippen LogP contribution in [0.25, 0.3) is 0 Å². The molecular formula is C17H16ClNO4S. The van der Waals surface area contributed by atoms with Crippen LogP contribution in [0.15, 0.2) is 42.5 Å². The highest BCUT2D eigenvalue weighted by Gasteiger charge is 2.33. The van der Waals surface area contributed by atoms with Gasteiger partial charge in [-0.1, -0.05) is 29.8 Å². The van der Waals surface area contributed by atoms with Gasteiger partial charge in [0.25, 0.3) is 0 Å². The Morgan fingerprint density at radius 2 is 1.88 bits per heavy atom. The molecule has 1 aliphatic rings. The SMILES string of the molecule is COc1cccc2c1N(S(=O)(=O)Cc1ccc(Cl)cc1)CCC2=O. The minimum absolute atomic E-state index is 0.0816. The van der Waals surface area contributed by atoms with Gasteiger partial charge in [0.2, 0.25) is 10.0 Å². The van der Waals surface area contributed by atoms with E-state index in [4.69, 9.17) is 16.3 Å². The van der Waals surface area contributed by atoms with Crippen LogP contribution >= 0.6 is 11.6 Å². The predicted molar refractivity (Wildman–Crippen MR) is 93.4 cm³/mol. The van der Waals surface area contributed by atoms with Gasteiger partial charge in [-0.05, 0) is 29.8 Å². The molecular weight excluding hydrogens is 350 g/mol. The van der Waals surface area contributed by atoms with Crippen molar-refractivity contribution in [1.29, 1.82) is 0 Å². The van der Waals surface area contributed by atoms with Crippen LogP contribution in [0, 0.1) is 0 Å². The molecule has 1 heterocycles. The average molecular weight is 366 g/mol. The van der Waals surface area contributed by atoms with E-state index < -0.39 is 10.0 Å². The molecule has 1 aliphatic heterocycles. The van der Waals surface area contributed by atoms with Gasteiger partial charge in [0.15, 0.2) is 5.78 Å². The van der Waals surface area contributed by atoms with Gasteiger partial charge in [-0.3, -0.25) is 9.10 Å². The monoisotopic (exact) mass is 365 g/mol. The van der Waals surface area contributed by atoms with Crippen molar-refractivity contribution < 1.29 is 17.9 Å². The molecule has 2 aromatic carbocycles. The van der Waals surface area contributed by atoms with Gasteiger partial charge in [0, 0.05) is 23.6 Å². The molecule has 0 spiro atoms. The largest absolute Gasteiger partial charge is 0.495 e. The molecule has 0 amide bonds. The molecule has 0 saturated carbocycles. The molecule has 0 unspecified atom stereocenters. The first-order valence-corrected chi connectivity index (χ1v) is 9.36. The third-order valence-electron chi connectivity index (χ3n) is 3.91. The molecule has 7 heteroatoms. The summed E-state index contributed by atoms with van der Waals surface area (Å²) in [7, 11) is -2.20. The van der Waals surface area contributed by atoms with Crippen molar-refractivity contribution in [1.82, 2.24) is 0 Å². The molecule has 0 radical (unpaired) electrons. The van der Waals surface area contributed by atoms with Gasteiger partial charge in [-0.25, -0.2) is 8.42 Å². The fraction of sp³-hybridized carbons (Fsp3) is 0.235. The van der Waals surface area contributed by atoms with Crippen LogP contribution in [0.4, 0.5) is 5.69 Å². The lowest BCUT2D eigenvalue weighted by Crippen LogP contribution is -2.38. The van der Waals surface area contributed by atoms with Gasteiger partial charge in [-0.15, -0.1) is 0 Å². The fourth-order valence-corrected chi connectivity index (χ4v) is 4.50. The summed E-state index contributed by atoms with van der Waals surface area (Å²) in [6.45, 7) is 0.113. The second-order valence-electron chi connectivity index (χ2n) is 5.48. The molecule has 126 valence electrons. The Hall–Kier alpha value is -2.05. The number of ketones is 1. The van der Waals surface area contributed by atoms with Crippen molar-refractivity contribution in [3.63, 3.8) is 0 Å². The second kappa shape index (κ2) is 6.45. The van der Waals surface area contributed by atoms with E-state index in [0.29, 0.717) is 27.6 Å². The number of sulfonamides is 1. The Labute approximate surface area is 145 Å². The maximum absolute atomic E-state index is 12.9. The van der Waals surface area contributed by atoms with Crippen LogP contribution in [0.2, 0.25) is 5.02 Å². The summed E-state index contributed by atoms with van der Waals surface area (Å²) in [4.78, 5) is 12.1. The number of anilines is 1. The lowest BCUT2D eigenvalue weighted by Gasteiger charge is -2.31. The third kappa shape index (κ3) is 3.12. The summed E-state index contributed by atoms with van der Waals surface area (Å²) in [5, 5.41) is 0.548. The number of benzene rings is 2. The van der Waals surface area contributed by atoms with E-state index in [-0.39, 0.29) is 24.5 Å². The lowest BCUT2D eigenvalue weighted by molar-refractivity contribution is 0.0981. The van der Waals surface area contributed by atoms with Crippen molar-refractivity contribution in [3.8, 4) is 5.75 Å². The molecule has 0 fully saturated rings. The first-order valence-electron chi connectivity index (χ1n) is 7.37. The molecule has 0 saturated heterocycles. The molecule has 5 nitrogen and oxygen atoms in total. The quantitative estimate of drug-likeness (QED) is 0.834. The highest BCUT2D eigenvalue weighted by molar-refractivity contribution is 7.92. The summed E-state index contributed by atoms with van der Waals surface area (Å²) >= 11 is 5.84. The molecule has 0 aromatic heterocycles. The Balaban J connectivity index is 2.02. The van der Waals surface area contributed by atoms with E-state index in [1.165, 1.54) is 11.4 Å². The normalized spacial score (nSPS) is 14.4. The smallest absolute Gasteiger partial charge is 0.239 e. The van der Waals surface area contributed by atoms with E-state index >= 15 is 0 Å². The van der Waals surface area contributed by atoms with Crippen molar-refractivity contribution in [2.45, 2.75) is 12.2 Å². The Kier molecular flexibility index (Phi) is 4.51. The average Bonchev–Trinajstić information content (AvgIpc) is 2.56. The number of hydrogen-bond donors (Lipinski definition) is 0.